The summed E-state index contributed by atoms with van der Waals surface area (Å²) in [6.45, 7) is 5.54. The molecule has 1 saturated heterocycles. The number of aliphatic imine (C=N–C) groups is 1. The third-order valence-corrected chi connectivity index (χ3v) is 6.08. The molecule has 8 heteroatoms. The number of likely N-dealkylation sites (tertiary alicyclic amines) is 1. The highest BCUT2D eigenvalue weighted by molar-refractivity contribution is 5.89. The van der Waals surface area contributed by atoms with Crippen LogP contribution < -0.4 is 5.32 Å². The number of ether oxygens (including phenoxy) is 1. The van der Waals surface area contributed by atoms with Gasteiger partial charge in [0.25, 0.3) is 0 Å². The van der Waals surface area contributed by atoms with Gasteiger partial charge in [0.2, 0.25) is 5.91 Å². The summed E-state index contributed by atoms with van der Waals surface area (Å²) in [5.74, 6) is 0.0451. The Hall–Kier alpha value is -2.90. The SMILES string of the molecule is C/N=C/[C@H](Cc1ccc2cn[nH]c2c1)NC(=O)[C@@H]1[C@H]2CC[C@H](C2)N1C(=O)OC(C)(C)C. The second-order valence-electron chi connectivity index (χ2n) is 9.58. The van der Waals surface area contributed by atoms with Crippen LogP contribution in [0.1, 0.15) is 45.6 Å². The fourth-order valence-electron chi connectivity index (χ4n) is 4.86. The molecule has 0 spiro atoms. The zero-order chi connectivity index (χ0) is 22.2. The molecule has 0 unspecified atom stereocenters. The Kier molecular flexibility index (Phi) is 5.73. The normalized spacial score (nSPS) is 24.1. The van der Waals surface area contributed by atoms with Crippen LogP contribution in [0.25, 0.3) is 10.9 Å². The van der Waals surface area contributed by atoms with Crippen LogP contribution in [0, 0.1) is 5.92 Å². The number of rotatable bonds is 5. The molecule has 2 N–H and O–H groups in total. The van der Waals surface area contributed by atoms with Gasteiger partial charge in [-0.2, -0.15) is 5.10 Å². The Morgan fingerprint density at radius 2 is 2.19 bits per heavy atom. The number of amides is 2. The Labute approximate surface area is 182 Å². The second-order valence-corrected chi connectivity index (χ2v) is 9.58. The summed E-state index contributed by atoms with van der Waals surface area (Å²) in [5.41, 5.74) is 1.43. The monoisotopic (exact) mass is 425 g/mol. The standard InChI is InChI=1S/C23H31N5O3/c1-23(2,3)31-22(30)28-18-8-7-15(11-18)20(28)21(29)26-17(13-24-4)9-14-5-6-16-12-25-27-19(16)10-14/h5-6,10,12-13,15,17-18,20H,7-9,11H2,1-4H3,(H,25,27)(H,26,29)/b24-13+/t15-,17-,18+,20-/m0/s1. The number of hydrogen-bond acceptors (Lipinski definition) is 5. The number of fused-ring (bicyclic) bond motifs is 3. The van der Waals surface area contributed by atoms with Crippen molar-refractivity contribution in [3.05, 3.63) is 30.0 Å². The largest absolute Gasteiger partial charge is 0.444 e. The van der Waals surface area contributed by atoms with Crippen molar-refractivity contribution in [1.29, 1.82) is 0 Å². The van der Waals surface area contributed by atoms with Gasteiger partial charge in [-0.3, -0.25) is 19.8 Å². The summed E-state index contributed by atoms with van der Waals surface area (Å²) in [6, 6.07) is 5.40. The van der Waals surface area contributed by atoms with Gasteiger partial charge < -0.3 is 10.1 Å². The number of carbonyl (C=O) groups excluding carboxylic acids is 2. The molecule has 1 aromatic heterocycles. The summed E-state index contributed by atoms with van der Waals surface area (Å²) in [7, 11) is 1.70. The van der Waals surface area contributed by atoms with Crippen LogP contribution in [0.15, 0.2) is 29.4 Å². The number of nitrogens with zero attached hydrogens (tertiary/aromatic N) is 3. The molecule has 2 bridgehead atoms. The smallest absolute Gasteiger partial charge is 0.411 e. The van der Waals surface area contributed by atoms with Crippen LogP contribution in [0.2, 0.25) is 0 Å². The van der Waals surface area contributed by atoms with Crippen molar-refractivity contribution in [1.82, 2.24) is 20.4 Å². The topological polar surface area (TPSA) is 99.7 Å². The van der Waals surface area contributed by atoms with Gasteiger partial charge in [0.05, 0.1) is 17.8 Å². The number of aromatic nitrogens is 2. The lowest BCUT2D eigenvalue weighted by Crippen LogP contribution is -2.55. The maximum absolute atomic E-state index is 13.3. The number of aromatic amines is 1. The molecule has 4 atom stereocenters. The zero-order valence-corrected chi connectivity index (χ0v) is 18.6. The zero-order valence-electron chi connectivity index (χ0n) is 18.6. The number of piperidine rings is 1. The van der Waals surface area contributed by atoms with Crippen LogP contribution >= 0.6 is 0 Å². The molecule has 31 heavy (non-hydrogen) atoms. The van der Waals surface area contributed by atoms with Gasteiger partial charge in [0, 0.05) is 24.7 Å². The van der Waals surface area contributed by atoms with E-state index in [9.17, 15) is 9.59 Å². The molecule has 8 nitrogen and oxygen atoms in total. The summed E-state index contributed by atoms with van der Waals surface area (Å²) in [4.78, 5) is 32.0. The number of carbonyl (C=O) groups is 2. The molecule has 1 aliphatic carbocycles. The molecule has 2 aromatic rings. The van der Waals surface area contributed by atoms with E-state index in [1.807, 2.05) is 39.0 Å². The molecule has 1 saturated carbocycles. The van der Waals surface area contributed by atoms with Gasteiger partial charge in [-0.1, -0.05) is 12.1 Å². The first-order valence-corrected chi connectivity index (χ1v) is 10.9. The fourth-order valence-corrected chi connectivity index (χ4v) is 4.86. The first kappa shape index (κ1) is 21.3. The van der Waals surface area contributed by atoms with E-state index in [0.717, 1.165) is 35.7 Å². The highest BCUT2D eigenvalue weighted by atomic mass is 16.6. The van der Waals surface area contributed by atoms with E-state index in [0.29, 0.717) is 6.42 Å². The molecule has 1 aromatic carbocycles. The molecular weight excluding hydrogens is 394 g/mol. The van der Waals surface area contributed by atoms with E-state index in [-0.39, 0.29) is 23.9 Å². The summed E-state index contributed by atoms with van der Waals surface area (Å²) >= 11 is 0. The second kappa shape index (κ2) is 8.32. The summed E-state index contributed by atoms with van der Waals surface area (Å²) < 4.78 is 5.61. The molecule has 4 rings (SSSR count). The third-order valence-electron chi connectivity index (χ3n) is 6.08. The van der Waals surface area contributed by atoms with Gasteiger partial charge in [-0.05, 0) is 64.0 Å². The number of hydrogen-bond donors (Lipinski definition) is 2. The van der Waals surface area contributed by atoms with E-state index < -0.39 is 17.7 Å². The van der Waals surface area contributed by atoms with E-state index in [1.54, 1.807) is 24.4 Å². The van der Waals surface area contributed by atoms with Gasteiger partial charge in [0.1, 0.15) is 11.6 Å². The van der Waals surface area contributed by atoms with Crippen LogP contribution in [0.4, 0.5) is 4.79 Å². The van der Waals surface area contributed by atoms with Crippen molar-refractivity contribution in [2.75, 3.05) is 7.05 Å². The first-order valence-electron chi connectivity index (χ1n) is 10.9. The molecule has 0 radical (unpaired) electrons. The molecule has 2 fully saturated rings. The highest BCUT2D eigenvalue weighted by Crippen LogP contribution is 2.43. The first-order chi connectivity index (χ1) is 14.7. The molecule has 2 aliphatic rings. The quantitative estimate of drug-likeness (QED) is 0.719. The van der Waals surface area contributed by atoms with Crippen molar-refractivity contribution in [3.8, 4) is 0 Å². The number of H-pyrrole nitrogens is 1. The van der Waals surface area contributed by atoms with Crippen molar-refractivity contribution < 1.29 is 14.3 Å². The lowest BCUT2D eigenvalue weighted by atomic mass is 9.97. The lowest BCUT2D eigenvalue weighted by molar-refractivity contribution is -0.128. The maximum Gasteiger partial charge on any atom is 0.411 e. The van der Waals surface area contributed by atoms with Crippen LogP contribution in [-0.4, -0.2) is 64.1 Å². The van der Waals surface area contributed by atoms with Crippen molar-refractivity contribution in [2.45, 2.75) is 70.2 Å². The molecule has 166 valence electrons. The average Bonchev–Trinajstić information content (AvgIpc) is 3.41. The van der Waals surface area contributed by atoms with E-state index in [1.165, 1.54) is 0 Å². The Bertz CT molecular complexity index is 993. The Morgan fingerprint density at radius 3 is 2.94 bits per heavy atom. The van der Waals surface area contributed by atoms with Crippen molar-refractivity contribution in [3.63, 3.8) is 0 Å². The van der Waals surface area contributed by atoms with E-state index >= 15 is 0 Å². The van der Waals surface area contributed by atoms with E-state index in [2.05, 4.69) is 20.5 Å². The summed E-state index contributed by atoms with van der Waals surface area (Å²) in [5, 5.41) is 11.2. The van der Waals surface area contributed by atoms with E-state index in [4.69, 9.17) is 4.74 Å². The highest BCUT2D eigenvalue weighted by Gasteiger charge is 2.52. The predicted octanol–water partition coefficient (Wildman–Crippen LogP) is 3.08. The Morgan fingerprint density at radius 1 is 1.39 bits per heavy atom. The van der Waals surface area contributed by atoms with Crippen molar-refractivity contribution in [2.24, 2.45) is 10.9 Å². The summed E-state index contributed by atoms with van der Waals surface area (Å²) in [6.07, 6.45) is 6.49. The minimum atomic E-state index is -0.595. The minimum Gasteiger partial charge on any atom is -0.444 e. The van der Waals surface area contributed by atoms with Gasteiger partial charge >= 0.3 is 6.09 Å². The predicted molar refractivity (Wildman–Crippen MR) is 119 cm³/mol. The molecule has 1 aliphatic heterocycles. The Balaban J connectivity index is 1.48. The minimum absolute atomic E-state index is 0.0803. The maximum atomic E-state index is 13.3. The van der Waals surface area contributed by atoms with Gasteiger partial charge in [-0.25, -0.2) is 4.79 Å². The van der Waals surface area contributed by atoms with Crippen LogP contribution in [0.5, 0.6) is 0 Å². The molecule has 2 amide bonds. The number of nitrogens with one attached hydrogen (secondary N) is 2. The van der Waals surface area contributed by atoms with Crippen LogP contribution in [-0.2, 0) is 16.0 Å². The lowest BCUT2D eigenvalue weighted by Gasteiger charge is -2.36. The number of benzene rings is 1. The fraction of sp³-hybridized carbons (Fsp3) is 0.565. The van der Waals surface area contributed by atoms with Crippen molar-refractivity contribution >= 4 is 29.1 Å². The van der Waals surface area contributed by atoms with Crippen LogP contribution in [0.3, 0.4) is 0 Å². The average molecular weight is 426 g/mol. The van der Waals surface area contributed by atoms with Gasteiger partial charge in [-0.15, -0.1) is 0 Å². The molecular formula is C23H31N5O3. The molecule has 2 heterocycles. The van der Waals surface area contributed by atoms with Gasteiger partial charge in [0.15, 0.2) is 0 Å². The third kappa shape index (κ3) is 4.57.